The molecule has 0 saturated heterocycles. The average molecular weight is 314 g/mol. The lowest BCUT2D eigenvalue weighted by atomic mass is 10.2. The van der Waals surface area contributed by atoms with Gasteiger partial charge in [-0.25, -0.2) is 12.7 Å². The molecule has 0 atom stereocenters. The molecule has 0 spiro atoms. The number of benzene rings is 1. The average Bonchev–Trinajstić information content (AvgIpc) is 2.46. The number of sulfonamides is 1. The third-order valence-electron chi connectivity index (χ3n) is 3.23. The first kappa shape index (κ1) is 17.9. The van der Waals surface area contributed by atoms with Gasteiger partial charge >= 0.3 is 0 Å². The van der Waals surface area contributed by atoms with E-state index < -0.39 is 10.0 Å². The van der Waals surface area contributed by atoms with Crippen LogP contribution in [0.1, 0.15) is 32.3 Å². The highest BCUT2D eigenvalue weighted by Crippen LogP contribution is 2.24. The smallest absolute Gasteiger partial charge is 0.242 e. The van der Waals surface area contributed by atoms with Gasteiger partial charge in [-0.05, 0) is 38.6 Å². The third kappa shape index (κ3) is 4.69. The van der Waals surface area contributed by atoms with Crippen LogP contribution in [0.15, 0.2) is 23.1 Å². The van der Waals surface area contributed by atoms with Gasteiger partial charge < -0.3 is 10.1 Å². The van der Waals surface area contributed by atoms with Crippen LogP contribution in [0.5, 0.6) is 5.75 Å². The summed E-state index contributed by atoms with van der Waals surface area (Å²) in [6.45, 7) is 5.61. The van der Waals surface area contributed by atoms with Crippen LogP contribution >= 0.6 is 0 Å². The van der Waals surface area contributed by atoms with Crippen molar-refractivity contribution in [3.05, 3.63) is 23.8 Å². The monoisotopic (exact) mass is 314 g/mol. The Morgan fingerprint density at radius 3 is 2.57 bits per heavy atom. The van der Waals surface area contributed by atoms with Gasteiger partial charge in [0.15, 0.2) is 0 Å². The van der Waals surface area contributed by atoms with Gasteiger partial charge in [0.2, 0.25) is 10.0 Å². The molecule has 0 aliphatic carbocycles. The number of hydrogen-bond acceptors (Lipinski definition) is 4. The molecule has 5 nitrogen and oxygen atoms in total. The molecule has 0 radical (unpaired) electrons. The van der Waals surface area contributed by atoms with E-state index in [-0.39, 0.29) is 0 Å². The van der Waals surface area contributed by atoms with Gasteiger partial charge in [-0.1, -0.05) is 13.3 Å². The summed E-state index contributed by atoms with van der Waals surface area (Å²) in [5.41, 5.74) is 0.851. The number of nitrogens with zero attached hydrogens (tertiary/aromatic N) is 1. The quantitative estimate of drug-likeness (QED) is 0.759. The number of unbranched alkanes of at least 4 members (excludes halogenated alkanes) is 1. The second-order valence-electron chi connectivity index (χ2n) is 4.91. The molecule has 120 valence electrons. The highest BCUT2D eigenvalue weighted by Gasteiger charge is 2.21. The van der Waals surface area contributed by atoms with E-state index >= 15 is 0 Å². The number of ether oxygens (including phenoxy) is 1. The van der Waals surface area contributed by atoms with Crippen molar-refractivity contribution < 1.29 is 13.2 Å². The number of hydrogen-bond donors (Lipinski definition) is 1. The van der Waals surface area contributed by atoms with Gasteiger partial charge in [-0.15, -0.1) is 0 Å². The summed E-state index contributed by atoms with van der Waals surface area (Å²) < 4.78 is 32.0. The van der Waals surface area contributed by atoms with Crippen molar-refractivity contribution in [1.29, 1.82) is 0 Å². The minimum Gasteiger partial charge on any atom is -0.494 e. The Labute approximate surface area is 128 Å². The topological polar surface area (TPSA) is 58.6 Å². The Balaban J connectivity index is 3.09. The Kier molecular flexibility index (Phi) is 7.14. The first-order chi connectivity index (χ1) is 9.97. The maximum atomic E-state index is 12.5. The van der Waals surface area contributed by atoms with E-state index in [9.17, 15) is 8.42 Å². The Bertz CT molecular complexity index is 544. The first-order valence-electron chi connectivity index (χ1n) is 7.34. The van der Waals surface area contributed by atoms with Gasteiger partial charge in [0, 0.05) is 25.7 Å². The first-order valence-corrected chi connectivity index (χ1v) is 8.78. The molecule has 1 aromatic carbocycles. The Morgan fingerprint density at radius 1 is 1.29 bits per heavy atom. The van der Waals surface area contributed by atoms with Gasteiger partial charge in [0.25, 0.3) is 0 Å². The lowest BCUT2D eigenvalue weighted by molar-refractivity contribution is 0.335. The molecule has 0 aliphatic heterocycles. The van der Waals surface area contributed by atoms with E-state index in [0.717, 1.165) is 24.2 Å². The van der Waals surface area contributed by atoms with Crippen molar-refractivity contribution >= 4 is 10.0 Å². The highest BCUT2D eigenvalue weighted by molar-refractivity contribution is 7.89. The van der Waals surface area contributed by atoms with Gasteiger partial charge in [0.05, 0.1) is 11.5 Å². The van der Waals surface area contributed by atoms with E-state index in [1.165, 1.54) is 4.31 Å². The molecule has 0 aliphatic rings. The van der Waals surface area contributed by atoms with E-state index in [2.05, 4.69) is 5.32 Å². The maximum absolute atomic E-state index is 12.5. The molecule has 1 aromatic rings. The second-order valence-corrected chi connectivity index (χ2v) is 6.96. The maximum Gasteiger partial charge on any atom is 0.242 e. The summed E-state index contributed by atoms with van der Waals surface area (Å²) in [5, 5.41) is 3.04. The van der Waals surface area contributed by atoms with Crippen LogP contribution in [0.3, 0.4) is 0 Å². The second kappa shape index (κ2) is 8.36. The van der Waals surface area contributed by atoms with Crippen molar-refractivity contribution in [3.8, 4) is 5.75 Å². The zero-order valence-electron chi connectivity index (χ0n) is 13.3. The molecule has 21 heavy (non-hydrogen) atoms. The summed E-state index contributed by atoms with van der Waals surface area (Å²) in [6, 6.07) is 5.04. The summed E-state index contributed by atoms with van der Waals surface area (Å²) in [6.07, 6.45) is 1.82. The van der Waals surface area contributed by atoms with Crippen LogP contribution < -0.4 is 10.1 Å². The molecule has 0 fully saturated rings. The molecule has 0 amide bonds. The van der Waals surface area contributed by atoms with Crippen LogP contribution in [-0.4, -0.2) is 40.0 Å². The van der Waals surface area contributed by atoms with E-state index in [4.69, 9.17) is 4.74 Å². The Morgan fingerprint density at radius 2 is 2.00 bits per heavy atom. The molecule has 1 rings (SSSR count). The van der Waals surface area contributed by atoms with Gasteiger partial charge in [-0.3, -0.25) is 0 Å². The lowest BCUT2D eigenvalue weighted by Gasteiger charge is -2.18. The largest absolute Gasteiger partial charge is 0.494 e. The Hall–Kier alpha value is -1.11. The van der Waals surface area contributed by atoms with E-state index in [0.29, 0.717) is 24.6 Å². The van der Waals surface area contributed by atoms with Crippen LogP contribution in [0.2, 0.25) is 0 Å². The zero-order chi connectivity index (χ0) is 15.9. The van der Waals surface area contributed by atoms with Crippen molar-refractivity contribution in [2.45, 2.75) is 38.1 Å². The molecular weight excluding hydrogens is 288 g/mol. The van der Waals surface area contributed by atoms with Crippen LogP contribution in [0.4, 0.5) is 0 Å². The number of nitrogens with one attached hydrogen (secondary N) is 1. The molecule has 0 saturated carbocycles. The normalized spacial score (nSPS) is 11.9. The molecule has 6 heteroatoms. The molecule has 0 unspecified atom stereocenters. The van der Waals surface area contributed by atoms with Crippen molar-refractivity contribution in [2.75, 3.05) is 27.2 Å². The van der Waals surface area contributed by atoms with Crippen LogP contribution in [-0.2, 0) is 16.6 Å². The predicted molar refractivity (Wildman–Crippen MR) is 85.1 cm³/mol. The molecule has 0 bridgehead atoms. The fourth-order valence-corrected chi connectivity index (χ4v) is 3.28. The standard InChI is InChI=1S/C15H26N2O3S/c1-5-7-10-17(4)21(18,19)14-8-9-15(20-6-2)13(11-14)12-16-3/h8-9,11,16H,5-7,10,12H2,1-4H3. The summed E-state index contributed by atoms with van der Waals surface area (Å²) >= 11 is 0. The lowest BCUT2D eigenvalue weighted by Crippen LogP contribution is -2.28. The summed E-state index contributed by atoms with van der Waals surface area (Å²) in [4.78, 5) is 0.315. The molecular formula is C15H26N2O3S. The fraction of sp³-hybridized carbons (Fsp3) is 0.600. The highest BCUT2D eigenvalue weighted by atomic mass is 32.2. The minimum atomic E-state index is -3.43. The van der Waals surface area contributed by atoms with Crippen molar-refractivity contribution in [2.24, 2.45) is 0 Å². The molecule has 1 N–H and O–H groups in total. The van der Waals surface area contributed by atoms with Gasteiger partial charge in [0.1, 0.15) is 5.75 Å². The minimum absolute atomic E-state index is 0.315. The summed E-state index contributed by atoms with van der Waals surface area (Å²) in [5.74, 6) is 0.724. The number of rotatable bonds is 9. The molecule has 0 heterocycles. The van der Waals surface area contributed by atoms with Gasteiger partial charge in [-0.2, -0.15) is 0 Å². The van der Waals surface area contributed by atoms with E-state index in [1.54, 1.807) is 25.2 Å². The summed E-state index contributed by atoms with van der Waals surface area (Å²) in [7, 11) is 0.0141. The van der Waals surface area contributed by atoms with E-state index in [1.807, 2.05) is 20.9 Å². The zero-order valence-corrected chi connectivity index (χ0v) is 14.2. The van der Waals surface area contributed by atoms with Crippen molar-refractivity contribution in [3.63, 3.8) is 0 Å². The van der Waals surface area contributed by atoms with Crippen molar-refractivity contribution in [1.82, 2.24) is 9.62 Å². The van der Waals surface area contributed by atoms with Crippen LogP contribution in [0.25, 0.3) is 0 Å². The van der Waals surface area contributed by atoms with Crippen LogP contribution in [0, 0.1) is 0 Å². The molecule has 0 aromatic heterocycles. The predicted octanol–water partition coefficient (Wildman–Crippen LogP) is 2.23. The SMILES string of the molecule is CCCCN(C)S(=O)(=O)c1ccc(OCC)c(CNC)c1. The fourth-order valence-electron chi connectivity index (χ4n) is 2.02. The third-order valence-corrected chi connectivity index (χ3v) is 5.09.